The predicted octanol–water partition coefficient (Wildman–Crippen LogP) is 2.36. The molecule has 134 valence electrons. The van der Waals surface area contributed by atoms with Crippen LogP contribution in [-0.2, 0) is 9.59 Å². The predicted molar refractivity (Wildman–Crippen MR) is 98.3 cm³/mol. The normalized spacial score (nSPS) is 12.2. The first-order chi connectivity index (χ1) is 12.4. The second-order valence-corrected chi connectivity index (χ2v) is 5.82. The van der Waals surface area contributed by atoms with Gasteiger partial charge in [0.1, 0.15) is 11.7 Å². The molecule has 2 aromatic carbocycles. The van der Waals surface area contributed by atoms with Gasteiger partial charge in [-0.15, -0.1) is 0 Å². The minimum atomic E-state index is -1.16. The maximum atomic E-state index is 12.4. The molecule has 0 bridgehead atoms. The minimum absolute atomic E-state index is 0.0325. The molecule has 0 radical (unpaired) electrons. The molecule has 1 atom stereocenters. The Morgan fingerprint density at radius 1 is 1.00 bits per heavy atom. The van der Waals surface area contributed by atoms with Crippen LogP contribution in [-0.4, -0.2) is 28.9 Å². The number of hydrogen-bond acceptors (Lipinski definition) is 3. The lowest BCUT2D eigenvalue weighted by Crippen LogP contribution is -2.42. The van der Waals surface area contributed by atoms with Gasteiger partial charge in [0.2, 0.25) is 0 Å². The number of nitrogens with one attached hydrogen (secondary N) is 2. The number of carboxylic acids is 1. The van der Waals surface area contributed by atoms with Crippen molar-refractivity contribution in [2.24, 2.45) is 0 Å². The van der Waals surface area contributed by atoms with E-state index >= 15 is 0 Å². The fourth-order valence-electron chi connectivity index (χ4n) is 2.11. The summed E-state index contributed by atoms with van der Waals surface area (Å²) in [5, 5.41) is 13.9. The van der Waals surface area contributed by atoms with E-state index in [0.29, 0.717) is 11.1 Å². The molecule has 2 amide bonds. The standard InChI is InChI=1S/C20H20N2O4/c1-13-8-10-16(11-9-13)18(23)22-17(12-15-6-4-3-5-7-15)19(24)21-14(2)20(25)26/h3-12,14H,1-2H3,(H,21,24)(H,22,23)(H,25,26)/b17-12+. The van der Waals surface area contributed by atoms with Gasteiger partial charge in [-0.2, -0.15) is 0 Å². The summed E-state index contributed by atoms with van der Waals surface area (Å²) in [4.78, 5) is 35.8. The summed E-state index contributed by atoms with van der Waals surface area (Å²) in [5.41, 5.74) is 2.07. The summed E-state index contributed by atoms with van der Waals surface area (Å²) in [7, 11) is 0. The summed E-state index contributed by atoms with van der Waals surface area (Å²) in [6.45, 7) is 3.26. The first-order valence-corrected chi connectivity index (χ1v) is 8.05. The van der Waals surface area contributed by atoms with Crippen molar-refractivity contribution in [3.63, 3.8) is 0 Å². The Hall–Kier alpha value is -3.41. The van der Waals surface area contributed by atoms with Crippen molar-refractivity contribution in [1.29, 1.82) is 0 Å². The van der Waals surface area contributed by atoms with Gasteiger partial charge in [-0.3, -0.25) is 14.4 Å². The molecule has 0 aliphatic carbocycles. The molecule has 6 nitrogen and oxygen atoms in total. The molecule has 0 saturated heterocycles. The van der Waals surface area contributed by atoms with Crippen molar-refractivity contribution in [3.05, 3.63) is 77.0 Å². The molecule has 0 fully saturated rings. The maximum Gasteiger partial charge on any atom is 0.325 e. The van der Waals surface area contributed by atoms with Gasteiger partial charge in [0.15, 0.2) is 0 Å². The summed E-state index contributed by atoms with van der Waals surface area (Å²) in [6.07, 6.45) is 1.50. The molecule has 0 aliphatic heterocycles. The Morgan fingerprint density at radius 2 is 1.62 bits per heavy atom. The highest BCUT2D eigenvalue weighted by Gasteiger charge is 2.19. The van der Waals surface area contributed by atoms with E-state index in [1.54, 1.807) is 48.5 Å². The van der Waals surface area contributed by atoms with Crippen LogP contribution in [0.1, 0.15) is 28.4 Å². The fourth-order valence-corrected chi connectivity index (χ4v) is 2.11. The average Bonchev–Trinajstić information content (AvgIpc) is 2.62. The Kier molecular flexibility index (Phi) is 6.27. The first-order valence-electron chi connectivity index (χ1n) is 8.05. The summed E-state index contributed by atoms with van der Waals surface area (Å²) in [6, 6.07) is 14.8. The summed E-state index contributed by atoms with van der Waals surface area (Å²) >= 11 is 0. The lowest BCUT2D eigenvalue weighted by molar-refractivity contribution is -0.140. The van der Waals surface area contributed by atoms with Gasteiger partial charge in [-0.25, -0.2) is 0 Å². The highest BCUT2D eigenvalue weighted by Crippen LogP contribution is 2.08. The lowest BCUT2D eigenvalue weighted by atomic mass is 10.1. The smallest absolute Gasteiger partial charge is 0.325 e. The number of aliphatic carboxylic acids is 1. The molecule has 0 heterocycles. The van der Waals surface area contributed by atoms with E-state index < -0.39 is 23.8 Å². The van der Waals surface area contributed by atoms with Crippen molar-refractivity contribution in [2.75, 3.05) is 0 Å². The van der Waals surface area contributed by atoms with Crippen molar-refractivity contribution in [1.82, 2.24) is 10.6 Å². The van der Waals surface area contributed by atoms with Crippen LogP contribution >= 0.6 is 0 Å². The number of carboxylic acid groups (broad SMARTS) is 1. The molecule has 2 rings (SSSR count). The van der Waals surface area contributed by atoms with Crippen LogP contribution < -0.4 is 10.6 Å². The van der Waals surface area contributed by atoms with Crippen LogP contribution in [0.5, 0.6) is 0 Å². The van der Waals surface area contributed by atoms with E-state index in [9.17, 15) is 14.4 Å². The molecule has 0 aromatic heterocycles. The Morgan fingerprint density at radius 3 is 2.19 bits per heavy atom. The molecule has 3 N–H and O–H groups in total. The Balaban J connectivity index is 2.26. The zero-order valence-electron chi connectivity index (χ0n) is 14.5. The molecule has 0 saturated carbocycles. The Bertz CT molecular complexity index is 827. The third-order valence-electron chi connectivity index (χ3n) is 3.64. The third-order valence-corrected chi connectivity index (χ3v) is 3.64. The number of rotatable bonds is 6. The highest BCUT2D eigenvalue weighted by atomic mass is 16.4. The zero-order chi connectivity index (χ0) is 19.1. The van der Waals surface area contributed by atoms with Crippen molar-refractivity contribution >= 4 is 23.9 Å². The first kappa shape index (κ1) is 18.9. The molecular weight excluding hydrogens is 332 g/mol. The molecule has 0 aliphatic rings. The van der Waals surface area contributed by atoms with Crippen molar-refractivity contribution in [2.45, 2.75) is 19.9 Å². The second kappa shape index (κ2) is 8.62. The molecule has 1 unspecified atom stereocenters. The second-order valence-electron chi connectivity index (χ2n) is 5.82. The average molecular weight is 352 g/mol. The van der Waals surface area contributed by atoms with Gasteiger partial charge in [-0.1, -0.05) is 48.0 Å². The van der Waals surface area contributed by atoms with Crippen LogP contribution in [0.25, 0.3) is 6.08 Å². The third kappa shape index (κ3) is 5.31. The van der Waals surface area contributed by atoms with Gasteiger partial charge < -0.3 is 15.7 Å². The van der Waals surface area contributed by atoms with Crippen LogP contribution in [0.3, 0.4) is 0 Å². The minimum Gasteiger partial charge on any atom is -0.480 e. The van der Waals surface area contributed by atoms with E-state index in [0.717, 1.165) is 5.56 Å². The SMILES string of the molecule is Cc1ccc(C(=O)N/C(=C/c2ccccc2)C(=O)NC(C)C(=O)O)cc1. The van der Waals surface area contributed by atoms with E-state index in [1.165, 1.54) is 13.0 Å². The number of amides is 2. The van der Waals surface area contributed by atoms with Gasteiger partial charge in [-0.05, 0) is 37.6 Å². The van der Waals surface area contributed by atoms with Crippen LogP contribution in [0.2, 0.25) is 0 Å². The fraction of sp³-hybridized carbons (Fsp3) is 0.150. The summed E-state index contributed by atoms with van der Waals surface area (Å²) < 4.78 is 0. The van der Waals surface area contributed by atoms with Crippen LogP contribution in [0, 0.1) is 6.92 Å². The molecule has 26 heavy (non-hydrogen) atoms. The van der Waals surface area contributed by atoms with E-state index in [1.807, 2.05) is 13.0 Å². The number of hydrogen-bond donors (Lipinski definition) is 3. The number of aryl methyl sites for hydroxylation is 1. The maximum absolute atomic E-state index is 12.4. The number of carbonyl (C=O) groups excluding carboxylic acids is 2. The lowest BCUT2D eigenvalue weighted by Gasteiger charge is -2.13. The van der Waals surface area contributed by atoms with Gasteiger partial charge in [0.25, 0.3) is 11.8 Å². The molecule has 6 heteroatoms. The van der Waals surface area contributed by atoms with Crippen LogP contribution in [0.15, 0.2) is 60.3 Å². The topological polar surface area (TPSA) is 95.5 Å². The van der Waals surface area contributed by atoms with Gasteiger partial charge >= 0.3 is 5.97 Å². The molecule has 2 aromatic rings. The van der Waals surface area contributed by atoms with E-state index in [2.05, 4.69) is 10.6 Å². The highest BCUT2D eigenvalue weighted by molar-refractivity contribution is 6.06. The Labute approximate surface area is 151 Å². The van der Waals surface area contributed by atoms with Gasteiger partial charge in [0.05, 0.1) is 0 Å². The number of benzene rings is 2. The largest absolute Gasteiger partial charge is 0.480 e. The van der Waals surface area contributed by atoms with Crippen molar-refractivity contribution in [3.8, 4) is 0 Å². The van der Waals surface area contributed by atoms with E-state index in [4.69, 9.17) is 5.11 Å². The van der Waals surface area contributed by atoms with Crippen LogP contribution in [0.4, 0.5) is 0 Å². The zero-order valence-corrected chi connectivity index (χ0v) is 14.5. The van der Waals surface area contributed by atoms with Crippen molar-refractivity contribution < 1.29 is 19.5 Å². The quantitative estimate of drug-likeness (QED) is 0.696. The summed E-state index contributed by atoms with van der Waals surface area (Å²) in [5.74, 6) is -2.29. The monoisotopic (exact) mass is 352 g/mol. The molecular formula is C20H20N2O4. The van der Waals surface area contributed by atoms with Gasteiger partial charge in [0, 0.05) is 5.56 Å². The number of carbonyl (C=O) groups is 3. The van der Waals surface area contributed by atoms with E-state index in [-0.39, 0.29) is 5.70 Å². The molecule has 0 spiro atoms.